The van der Waals surface area contributed by atoms with Gasteiger partial charge in [-0.1, -0.05) is 79.7 Å². The minimum atomic E-state index is 0.128. The van der Waals surface area contributed by atoms with E-state index < -0.39 is 0 Å². The Morgan fingerprint density at radius 2 is 1.78 bits per heavy atom. The number of thioether (sulfide) groups is 1. The second-order valence-electron chi connectivity index (χ2n) is 8.86. The topological polar surface area (TPSA) is 60.1 Å². The van der Waals surface area contributed by atoms with Crippen LogP contribution in [0.15, 0.2) is 59.9 Å². The lowest BCUT2D eigenvalue weighted by atomic mass is 9.81. The second kappa shape index (κ2) is 8.51. The number of ketones is 1. The van der Waals surface area contributed by atoms with Gasteiger partial charge in [0, 0.05) is 18.4 Å². The van der Waals surface area contributed by atoms with Crippen molar-refractivity contribution in [1.82, 2.24) is 19.6 Å². The van der Waals surface area contributed by atoms with E-state index in [0.717, 1.165) is 17.9 Å². The first-order chi connectivity index (χ1) is 15.5. The number of carbonyl (C=O) groups excluding carboxylic acids is 1. The minimum Gasteiger partial charge on any atom is -0.294 e. The first-order valence-electron chi connectivity index (χ1n) is 11.0. The van der Waals surface area contributed by atoms with Gasteiger partial charge >= 0.3 is 0 Å². The molecule has 2 heterocycles. The Hall–Kier alpha value is -2.99. The van der Waals surface area contributed by atoms with Crippen LogP contribution in [0.1, 0.15) is 70.4 Å². The third-order valence-corrected chi connectivity index (χ3v) is 7.03. The van der Waals surface area contributed by atoms with E-state index in [2.05, 4.69) is 79.4 Å². The maximum atomic E-state index is 12.9. The molecule has 4 aromatic rings. The molecule has 0 saturated carbocycles. The van der Waals surface area contributed by atoms with Gasteiger partial charge in [0.2, 0.25) is 5.16 Å². The molecule has 0 saturated heterocycles. The summed E-state index contributed by atoms with van der Waals surface area (Å²) in [6.07, 6.45) is 3.06. The van der Waals surface area contributed by atoms with Gasteiger partial charge in [-0.2, -0.15) is 4.98 Å². The zero-order valence-electron chi connectivity index (χ0n) is 18.6. The van der Waals surface area contributed by atoms with E-state index in [9.17, 15) is 4.79 Å². The van der Waals surface area contributed by atoms with Crippen molar-refractivity contribution in [2.75, 3.05) is 0 Å². The maximum absolute atomic E-state index is 12.9. The highest BCUT2D eigenvalue weighted by atomic mass is 32.2. The van der Waals surface area contributed by atoms with Crippen molar-refractivity contribution in [2.45, 2.75) is 56.4 Å². The Bertz CT molecular complexity index is 1280. The van der Waals surface area contributed by atoms with Gasteiger partial charge in [0.15, 0.2) is 5.78 Å². The van der Waals surface area contributed by atoms with Crippen LogP contribution in [0.3, 0.4) is 0 Å². The number of nitrogens with zero attached hydrogens (tertiary/aromatic N) is 4. The lowest BCUT2D eigenvalue weighted by Crippen LogP contribution is -2.21. The smallest absolute Gasteiger partial charge is 0.253 e. The van der Waals surface area contributed by atoms with Crippen LogP contribution < -0.4 is 0 Å². The van der Waals surface area contributed by atoms with Crippen molar-refractivity contribution in [3.8, 4) is 0 Å². The molecule has 32 heavy (non-hydrogen) atoms. The molecule has 0 radical (unpaired) electrons. The highest BCUT2D eigenvalue weighted by molar-refractivity contribution is 7.98. The number of hydrogen-bond donors (Lipinski definition) is 0. The fourth-order valence-corrected chi connectivity index (χ4v) is 4.93. The Morgan fingerprint density at radius 1 is 1.03 bits per heavy atom. The summed E-state index contributed by atoms with van der Waals surface area (Å²) in [6, 6.07) is 17.1. The highest BCUT2D eigenvalue weighted by Gasteiger charge is 2.28. The van der Waals surface area contributed by atoms with Crippen molar-refractivity contribution < 1.29 is 4.79 Å². The SMILES string of the molecule is Cc1ccc(CSc2nc3nc4c(cn3n2)C(=O)C[C@@H](c2ccc(C(C)C)cc2)C4)cc1. The van der Waals surface area contributed by atoms with Gasteiger partial charge in [-0.15, -0.1) is 5.10 Å². The Balaban J connectivity index is 1.37. The molecule has 1 aliphatic rings. The number of aryl methyl sites for hydroxylation is 1. The van der Waals surface area contributed by atoms with E-state index in [0.29, 0.717) is 28.8 Å². The molecule has 5 nitrogen and oxygen atoms in total. The van der Waals surface area contributed by atoms with Crippen molar-refractivity contribution in [3.05, 3.63) is 88.2 Å². The van der Waals surface area contributed by atoms with E-state index in [-0.39, 0.29) is 11.7 Å². The van der Waals surface area contributed by atoms with Crippen LogP contribution in [0.25, 0.3) is 5.78 Å². The lowest BCUT2D eigenvalue weighted by molar-refractivity contribution is 0.0962. The molecule has 2 aromatic carbocycles. The van der Waals surface area contributed by atoms with Gasteiger partial charge in [0.1, 0.15) is 0 Å². The third kappa shape index (κ3) is 4.19. The minimum absolute atomic E-state index is 0.128. The van der Waals surface area contributed by atoms with Crippen LogP contribution in [0.4, 0.5) is 0 Å². The number of aromatic nitrogens is 4. The monoisotopic (exact) mass is 442 g/mol. The zero-order chi connectivity index (χ0) is 22.2. The van der Waals surface area contributed by atoms with Crippen LogP contribution in [-0.2, 0) is 12.2 Å². The molecule has 0 amide bonds. The molecule has 162 valence electrons. The molecule has 2 aromatic heterocycles. The standard InChI is InChI=1S/C26H26N4OS/c1-16(2)19-8-10-20(11-9-19)21-12-23-22(24(31)13-21)14-30-25(27-23)28-26(29-30)32-15-18-6-4-17(3)5-7-18/h4-11,14,16,21H,12-13,15H2,1-3H3/t21-/m0/s1. The second-order valence-corrected chi connectivity index (χ2v) is 9.81. The quantitative estimate of drug-likeness (QED) is 0.368. The molecule has 0 N–H and O–H groups in total. The highest BCUT2D eigenvalue weighted by Crippen LogP contribution is 2.33. The molecule has 5 rings (SSSR count). The fraction of sp³-hybridized carbons (Fsp3) is 0.308. The van der Waals surface area contributed by atoms with Gasteiger partial charge < -0.3 is 0 Å². The van der Waals surface area contributed by atoms with E-state index in [1.165, 1.54) is 22.3 Å². The Morgan fingerprint density at radius 3 is 2.50 bits per heavy atom. The average Bonchev–Trinajstić information content (AvgIpc) is 3.19. The van der Waals surface area contributed by atoms with Gasteiger partial charge in [-0.05, 0) is 41.9 Å². The first kappa shape index (κ1) is 20.9. The molecular weight excluding hydrogens is 416 g/mol. The van der Waals surface area contributed by atoms with E-state index in [1.807, 2.05) is 0 Å². The van der Waals surface area contributed by atoms with Crippen molar-refractivity contribution in [2.24, 2.45) is 0 Å². The number of rotatable bonds is 5. The van der Waals surface area contributed by atoms with Gasteiger partial charge in [-0.25, -0.2) is 9.50 Å². The predicted octanol–water partition coefficient (Wildman–Crippen LogP) is 5.76. The van der Waals surface area contributed by atoms with Gasteiger partial charge in [-0.3, -0.25) is 4.79 Å². The van der Waals surface area contributed by atoms with Crippen molar-refractivity contribution in [1.29, 1.82) is 0 Å². The molecule has 0 spiro atoms. The van der Waals surface area contributed by atoms with E-state index >= 15 is 0 Å². The predicted molar refractivity (Wildman–Crippen MR) is 127 cm³/mol. The number of hydrogen-bond acceptors (Lipinski definition) is 5. The zero-order valence-corrected chi connectivity index (χ0v) is 19.4. The molecule has 1 atom stereocenters. The fourth-order valence-electron chi connectivity index (χ4n) is 4.15. The first-order valence-corrected chi connectivity index (χ1v) is 12.0. The summed E-state index contributed by atoms with van der Waals surface area (Å²) in [5, 5.41) is 5.22. The maximum Gasteiger partial charge on any atom is 0.253 e. The molecule has 0 unspecified atom stereocenters. The third-order valence-electron chi connectivity index (χ3n) is 6.13. The molecular formula is C26H26N4OS. The average molecular weight is 443 g/mol. The molecule has 0 aliphatic heterocycles. The largest absolute Gasteiger partial charge is 0.294 e. The normalized spacial score (nSPS) is 16.0. The van der Waals surface area contributed by atoms with Crippen LogP contribution in [0.2, 0.25) is 0 Å². The van der Waals surface area contributed by atoms with Crippen LogP contribution in [0, 0.1) is 6.92 Å². The number of Topliss-reactive ketones (excluding diaryl/α,β-unsaturated/α-hetero) is 1. The summed E-state index contributed by atoms with van der Waals surface area (Å²) in [7, 11) is 0. The summed E-state index contributed by atoms with van der Waals surface area (Å²) in [5.41, 5.74) is 6.49. The van der Waals surface area contributed by atoms with Crippen molar-refractivity contribution in [3.63, 3.8) is 0 Å². The molecule has 0 bridgehead atoms. The lowest BCUT2D eigenvalue weighted by Gasteiger charge is -2.23. The van der Waals surface area contributed by atoms with Crippen LogP contribution >= 0.6 is 11.8 Å². The van der Waals surface area contributed by atoms with E-state index in [4.69, 9.17) is 4.98 Å². The molecule has 0 fully saturated rings. The summed E-state index contributed by atoms with van der Waals surface area (Å²) in [4.78, 5) is 22.3. The van der Waals surface area contributed by atoms with Crippen molar-refractivity contribution >= 4 is 23.3 Å². The number of fused-ring (bicyclic) bond motifs is 2. The molecule has 1 aliphatic carbocycles. The van der Waals surface area contributed by atoms with Gasteiger partial charge in [0.05, 0.1) is 11.3 Å². The summed E-state index contributed by atoms with van der Waals surface area (Å²) < 4.78 is 1.64. The molecule has 6 heteroatoms. The summed E-state index contributed by atoms with van der Waals surface area (Å²) >= 11 is 1.58. The van der Waals surface area contributed by atoms with E-state index in [1.54, 1.807) is 22.5 Å². The Labute approximate surface area is 192 Å². The van der Waals surface area contributed by atoms with Crippen LogP contribution in [-0.4, -0.2) is 25.4 Å². The summed E-state index contributed by atoms with van der Waals surface area (Å²) in [6.45, 7) is 6.47. The number of carbonyl (C=O) groups is 1. The van der Waals surface area contributed by atoms with Crippen LogP contribution in [0.5, 0.6) is 0 Å². The van der Waals surface area contributed by atoms with Gasteiger partial charge in [0.25, 0.3) is 5.78 Å². The number of benzene rings is 2. The summed E-state index contributed by atoms with van der Waals surface area (Å²) in [5.74, 6) is 2.13. The Kier molecular flexibility index (Phi) is 5.55.